The van der Waals surface area contributed by atoms with E-state index < -0.39 is 0 Å². The van der Waals surface area contributed by atoms with E-state index in [1.807, 2.05) is 0 Å². The third-order valence-electron chi connectivity index (χ3n) is 3.09. The van der Waals surface area contributed by atoms with Gasteiger partial charge in [-0.2, -0.15) is 0 Å². The van der Waals surface area contributed by atoms with Gasteiger partial charge in [0.2, 0.25) is 0 Å². The Hall–Kier alpha value is -1.23. The van der Waals surface area contributed by atoms with Crippen molar-refractivity contribution in [2.75, 3.05) is 19.8 Å². The quantitative estimate of drug-likeness (QED) is 0.901. The van der Waals surface area contributed by atoms with Crippen LogP contribution in [0.2, 0.25) is 0 Å². The lowest BCUT2D eigenvalue weighted by Gasteiger charge is -2.21. The SMILES string of the molecule is Cc1ccc(-c2csc(C3COCCN3)n2)cc1. The Kier molecular flexibility index (Phi) is 3.41. The molecule has 1 aromatic carbocycles. The number of aryl methyl sites for hydroxylation is 1. The minimum atomic E-state index is 0.253. The first-order chi connectivity index (χ1) is 8.83. The van der Waals surface area contributed by atoms with Gasteiger partial charge in [0.1, 0.15) is 5.01 Å². The van der Waals surface area contributed by atoms with Crippen molar-refractivity contribution in [1.82, 2.24) is 10.3 Å². The van der Waals surface area contributed by atoms with Crippen LogP contribution < -0.4 is 5.32 Å². The van der Waals surface area contributed by atoms with E-state index in [2.05, 4.69) is 41.9 Å². The molecule has 2 heterocycles. The number of hydrogen-bond donors (Lipinski definition) is 1. The van der Waals surface area contributed by atoms with Gasteiger partial charge >= 0.3 is 0 Å². The molecule has 1 aliphatic rings. The summed E-state index contributed by atoms with van der Waals surface area (Å²) in [5.41, 5.74) is 3.51. The van der Waals surface area contributed by atoms with Crippen LogP contribution in [0.5, 0.6) is 0 Å². The molecule has 1 unspecified atom stereocenters. The summed E-state index contributed by atoms with van der Waals surface area (Å²) in [5.74, 6) is 0. The van der Waals surface area contributed by atoms with E-state index in [0.29, 0.717) is 0 Å². The van der Waals surface area contributed by atoms with Gasteiger partial charge in [-0.25, -0.2) is 4.98 Å². The summed E-state index contributed by atoms with van der Waals surface area (Å²) in [5, 5.41) is 6.67. The fourth-order valence-corrected chi connectivity index (χ4v) is 2.92. The molecule has 2 aromatic rings. The molecular weight excluding hydrogens is 244 g/mol. The first-order valence-corrected chi connectivity index (χ1v) is 7.04. The van der Waals surface area contributed by atoms with E-state index in [-0.39, 0.29) is 6.04 Å². The Morgan fingerprint density at radius 2 is 2.17 bits per heavy atom. The maximum Gasteiger partial charge on any atom is 0.113 e. The third-order valence-corrected chi connectivity index (χ3v) is 4.05. The van der Waals surface area contributed by atoms with Crippen LogP contribution in [0.3, 0.4) is 0 Å². The van der Waals surface area contributed by atoms with E-state index >= 15 is 0 Å². The second kappa shape index (κ2) is 5.18. The Labute approximate surface area is 111 Å². The number of nitrogens with zero attached hydrogens (tertiary/aromatic N) is 1. The molecule has 0 amide bonds. The number of rotatable bonds is 2. The van der Waals surface area contributed by atoms with Gasteiger partial charge in [-0.05, 0) is 6.92 Å². The largest absolute Gasteiger partial charge is 0.378 e. The number of morpholine rings is 1. The molecule has 0 spiro atoms. The molecule has 0 bridgehead atoms. The van der Waals surface area contributed by atoms with Crippen molar-refractivity contribution in [3.8, 4) is 11.3 Å². The summed E-state index contributed by atoms with van der Waals surface area (Å²) in [7, 11) is 0. The lowest BCUT2D eigenvalue weighted by Crippen LogP contribution is -2.34. The first-order valence-electron chi connectivity index (χ1n) is 6.16. The zero-order valence-electron chi connectivity index (χ0n) is 10.3. The molecule has 0 saturated carbocycles. The summed E-state index contributed by atoms with van der Waals surface area (Å²) in [6, 6.07) is 8.74. The average Bonchev–Trinajstić information content (AvgIpc) is 2.90. The number of benzene rings is 1. The highest BCUT2D eigenvalue weighted by atomic mass is 32.1. The highest BCUT2D eigenvalue weighted by Gasteiger charge is 2.18. The van der Waals surface area contributed by atoms with Crippen LogP contribution >= 0.6 is 11.3 Å². The van der Waals surface area contributed by atoms with Crippen LogP contribution in [0, 0.1) is 6.92 Å². The van der Waals surface area contributed by atoms with Gasteiger partial charge in [0, 0.05) is 17.5 Å². The molecule has 1 aromatic heterocycles. The van der Waals surface area contributed by atoms with Crippen LogP contribution in [0.25, 0.3) is 11.3 Å². The molecule has 94 valence electrons. The fourth-order valence-electron chi connectivity index (χ4n) is 2.03. The first kappa shape index (κ1) is 11.8. The Bertz CT molecular complexity index is 515. The van der Waals surface area contributed by atoms with Crippen molar-refractivity contribution < 1.29 is 4.74 Å². The summed E-state index contributed by atoms with van der Waals surface area (Å²) >= 11 is 1.70. The molecule has 0 radical (unpaired) electrons. The molecule has 1 fully saturated rings. The number of hydrogen-bond acceptors (Lipinski definition) is 4. The van der Waals surface area contributed by atoms with Crippen molar-refractivity contribution in [2.45, 2.75) is 13.0 Å². The number of thiazole rings is 1. The predicted molar refractivity (Wildman–Crippen MR) is 73.8 cm³/mol. The lowest BCUT2D eigenvalue weighted by atomic mass is 10.1. The zero-order chi connectivity index (χ0) is 12.4. The minimum absolute atomic E-state index is 0.253. The van der Waals surface area contributed by atoms with E-state index in [1.165, 1.54) is 11.1 Å². The Morgan fingerprint density at radius 1 is 1.33 bits per heavy atom. The second-order valence-electron chi connectivity index (χ2n) is 4.52. The van der Waals surface area contributed by atoms with Crippen LogP contribution in [0.4, 0.5) is 0 Å². The molecule has 3 nitrogen and oxygen atoms in total. The second-order valence-corrected chi connectivity index (χ2v) is 5.41. The van der Waals surface area contributed by atoms with Gasteiger partial charge in [0.25, 0.3) is 0 Å². The highest BCUT2D eigenvalue weighted by molar-refractivity contribution is 7.10. The van der Waals surface area contributed by atoms with Gasteiger partial charge in [-0.15, -0.1) is 11.3 Å². The van der Waals surface area contributed by atoms with Crippen molar-refractivity contribution in [3.05, 3.63) is 40.2 Å². The summed E-state index contributed by atoms with van der Waals surface area (Å²) in [4.78, 5) is 4.71. The van der Waals surface area contributed by atoms with Crippen molar-refractivity contribution in [1.29, 1.82) is 0 Å². The topological polar surface area (TPSA) is 34.1 Å². The fraction of sp³-hybridized carbons (Fsp3) is 0.357. The molecule has 1 N–H and O–H groups in total. The van der Waals surface area contributed by atoms with Gasteiger partial charge < -0.3 is 10.1 Å². The molecule has 1 atom stereocenters. The number of aromatic nitrogens is 1. The minimum Gasteiger partial charge on any atom is -0.378 e. The van der Waals surface area contributed by atoms with E-state index in [1.54, 1.807) is 11.3 Å². The maximum absolute atomic E-state index is 5.47. The van der Waals surface area contributed by atoms with Crippen molar-refractivity contribution >= 4 is 11.3 Å². The van der Waals surface area contributed by atoms with Crippen molar-refractivity contribution in [3.63, 3.8) is 0 Å². The standard InChI is InChI=1S/C14H16N2OS/c1-10-2-4-11(5-3-10)13-9-18-14(16-13)12-8-17-7-6-15-12/h2-5,9,12,15H,6-8H2,1H3. The van der Waals surface area contributed by atoms with Crippen molar-refractivity contribution in [2.24, 2.45) is 0 Å². The van der Waals surface area contributed by atoms with Crippen LogP contribution in [-0.2, 0) is 4.74 Å². The molecule has 0 aliphatic carbocycles. The van der Waals surface area contributed by atoms with Gasteiger partial charge in [-0.3, -0.25) is 0 Å². The molecule has 1 saturated heterocycles. The highest BCUT2D eigenvalue weighted by Crippen LogP contribution is 2.26. The summed E-state index contributed by atoms with van der Waals surface area (Å²) < 4.78 is 5.47. The molecule has 18 heavy (non-hydrogen) atoms. The zero-order valence-corrected chi connectivity index (χ0v) is 11.2. The predicted octanol–water partition coefficient (Wildman–Crippen LogP) is 2.78. The maximum atomic E-state index is 5.47. The molecular formula is C14H16N2OS. The number of nitrogens with one attached hydrogen (secondary N) is 1. The molecule has 4 heteroatoms. The normalized spacial score (nSPS) is 19.9. The van der Waals surface area contributed by atoms with Gasteiger partial charge in [-0.1, -0.05) is 29.8 Å². The van der Waals surface area contributed by atoms with Crippen LogP contribution in [-0.4, -0.2) is 24.7 Å². The van der Waals surface area contributed by atoms with Gasteiger partial charge in [0.05, 0.1) is 24.9 Å². The van der Waals surface area contributed by atoms with E-state index in [4.69, 9.17) is 9.72 Å². The number of ether oxygens (including phenoxy) is 1. The van der Waals surface area contributed by atoms with Gasteiger partial charge in [0.15, 0.2) is 0 Å². The third kappa shape index (κ3) is 2.46. The van der Waals surface area contributed by atoms with Crippen LogP contribution in [0.15, 0.2) is 29.6 Å². The Morgan fingerprint density at radius 3 is 2.89 bits per heavy atom. The summed E-state index contributed by atoms with van der Waals surface area (Å²) in [6.07, 6.45) is 0. The molecule has 3 rings (SSSR count). The van der Waals surface area contributed by atoms with E-state index in [9.17, 15) is 0 Å². The monoisotopic (exact) mass is 260 g/mol. The average molecular weight is 260 g/mol. The van der Waals surface area contributed by atoms with E-state index in [0.717, 1.165) is 30.5 Å². The Balaban J connectivity index is 1.82. The molecule has 1 aliphatic heterocycles. The van der Waals surface area contributed by atoms with Crippen LogP contribution in [0.1, 0.15) is 16.6 Å². The smallest absolute Gasteiger partial charge is 0.113 e. The summed E-state index contributed by atoms with van der Waals surface area (Å²) in [6.45, 7) is 4.52. The lowest BCUT2D eigenvalue weighted by molar-refractivity contribution is 0.0768.